The lowest BCUT2D eigenvalue weighted by Gasteiger charge is -2.28. The van der Waals surface area contributed by atoms with E-state index in [2.05, 4.69) is 5.32 Å². The zero-order chi connectivity index (χ0) is 19.7. The van der Waals surface area contributed by atoms with Gasteiger partial charge in [0.2, 0.25) is 0 Å². The van der Waals surface area contributed by atoms with Gasteiger partial charge in [-0.05, 0) is 51.1 Å². The Labute approximate surface area is 157 Å². The van der Waals surface area contributed by atoms with Crippen LogP contribution in [0.5, 0.6) is 0 Å². The van der Waals surface area contributed by atoms with Gasteiger partial charge in [0.1, 0.15) is 0 Å². The normalized spacial score (nSPS) is 13.4. The molecule has 2 aromatic rings. The fourth-order valence-electron chi connectivity index (χ4n) is 3.52. The molecule has 140 valence electrons. The summed E-state index contributed by atoms with van der Waals surface area (Å²) in [6, 6.07) is 6.29. The van der Waals surface area contributed by atoms with Crippen LogP contribution in [0.2, 0.25) is 0 Å². The molecule has 0 aliphatic carbocycles. The van der Waals surface area contributed by atoms with Crippen LogP contribution in [0.1, 0.15) is 68.6 Å². The molecule has 2 aromatic carbocycles. The maximum Gasteiger partial charge on any atom is 0.261 e. The molecule has 0 unspecified atom stereocenters. The monoisotopic (exact) mass is 366 g/mol. The van der Waals surface area contributed by atoms with Crippen LogP contribution in [0.25, 0.3) is 10.8 Å². The molecule has 1 aliphatic rings. The van der Waals surface area contributed by atoms with E-state index >= 15 is 0 Å². The third-order valence-corrected chi connectivity index (χ3v) is 4.81. The van der Waals surface area contributed by atoms with Crippen LogP contribution in [0.4, 0.5) is 0 Å². The van der Waals surface area contributed by atoms with Crippen LogP contribution in [0, 0.1) is 0 Å². The van der Waals surface area contributed by atoms with Crippen molar-refractivity contribution in [2.24, 2.45) is 0 Å². The van der Waals surface area contributed by atoms with Gasteiger partial charge in [0, 0.05) is 46.1 Å². The van der Waals surface area contributed by atoms with Gasteiger partial charge < -0.3 is 5.32 Å². The van der Waals surface area contributed by atoms with E-state index in [4.69, 9.17) is 0 Å². The first-order valence-corrected chi connectivity index (χ1v) is 9.07. The first kappa shape index (κ1) is 18.9. The highest BCUT2D eigenvalue weighted by Gasteiger charge is 2.34. The highest BCUT2D eigenvalue weighted by Crippen LogP contribution is 2.34. The van der Waals surface area contributed by atoms with Crippen LogP contribution in [0.15, 0.2) is 24.3 Å². The first-order valence-electron chi connectivity index (χ1n) is 9.07. The Hall–Kier alpha value is -2.86. The van der Waals surface area contributed by atoms with E-state index in [1.54, 1.807) is 24.3 Å². The van der Waals surface area contributed by atoms with E-state index in [-0.39, 0.29) is 18.1 Å². The average molecular weight is 366 g/mol. The van der Waals surface area contributed by atoms with Crippen LogP contribution < -0.4 is 5.32 Å². The first-order chi connectivity index (χ1) is 12.9. The summed E-state index contributed by atoms with van der Waals surface area (Å²) < 4.78 is 0. The van der Waals surface area contributed by atoms with Gasteiger partial charge in [-0.3, -0.25) is 24.1 Å². The third-order valence-electron chi connectivity index (χ3n) is 4.81. The molecular formula is C21H22N2O4. The minimum absolute atomic E-state index is 0.215. The van der Waals surface area contributed by atoms with E-state index < -0.39 is 11.8 Å². The minimum Gasteiger partial charge on any atom is -0.315 e. The molecule has 0 atom stereocenters. The van der Waals surface area contributed by atoms with Crippen molar-refractivity contribution in [3.63, 3.8) is 0 Å². The second-order valence-electron chi connectivity index (χ2n) is 6.70. The Bertz CT molecular complexity index is 909. The van der Waals surface area contributed by atoms with Crippen molar-refractivity contribution in [1.82, 2.24) is 10.2 Å². The zero-order valence-corrected chi connectivity index (χ0v) is 15.7. The van der Waals surface area contributed by atoms with Crippen molar-refractivity contribution in [3.8, 4) is 0 Å². The summed E-state index contributed by atoms with van der Waals surface area (Å²) in [5.74, 6) is -1.22. The molecule has 0 radical (unpaired) electrons. The van der Waals surface area contributed by atoms with E-state index in [0.717, 1.165) is 13.0 Å². The van der Waals surface area contributed by atoms with Crippen molar-refractivity contribution in [2.45, 2.75) is 27.2 Å². The van der Waals surface area contributed by atoms with Gasteiger partial charge in [-0.15, -0.1) is 0 Å². The predicted molar refractivity (Wildman–Crippen MR) is 102 cm³/mol. The number of nitrogens with zero attached hydrogens (tertiary/aromatic N) is 1. The summed E-state index contributed by atoms with van der Waals surface area (Å²) in [7, 11) is 0. The van der Waals surface area contributed by atoms with Gasteiger partial charge >= 0.3 is 0 Å². The molecule has 1 heterocycles. The number of imide groups is 1. The lowest BCUT2D eigenvalue weighted by atomic mass is 9.86. The molecule has 0 fully saturated rings. The molecule has 0 saturated heterocycles. The molecule has 6 heteroatoms. The summed E-state index contributed by atoms with van der Waals surface area (Å²) >= 11 is 0. The molecule has 0 saturated carbocycles. The summed E-state index contributed by atoms with van der Waals surface area (Å²) in [5.41, 5.74) is 1.39. The van der Waals surface area contributed by atoms with Gasteiger partial charge in [-0.2, -0.15) is 0 Å². The number of amides is 2. The SMILES string of the molecule is CCCNCCN1C(=O)c2ccc(C(C)=O)c3c(C(C)=O)ccc(c23)C1=O. The molecule has 27 heavy (non-hydrogen) atoms. The second kappa shape index (κ2) is 7.40. The minimum atomic E-state index is -0.397. The summed E-state index contributed by atoms with van der Waals surface area (Å²) in [6.45, 7) is 6.45. The van der Waals surface area contributed by atoms with E-state index in [9.17, 15) is 19.2 Å². The summed E-state index contributed by atoms with van der Waals surface area (Å²) in [6.07, 6.45) is 0.964. The molecule has 0 spiro atoms. The van der Waals surface area contributed by atoms with E-state index in [1.807, 2.05) is 6.92 Å². The number of ketones is 2. The Morgan fingerprint density at radius 2 is 1.37 bits per heavy atom. The van der Waals surface area contributed by atoms with Crippen LogP contribution in [-0.4, -0.2) is 47.9 Å². The standard InChI is InChI=1S/C21H22N2O4/c1-4-9-22-10-11-23-20(26)16-7-5-14(12(2)24)18-15(13(3)25)6-8-17(19(16)18)21(23)27/h5-8,22H,4,9-11H2,1-3H3. The number of hydrogen-bond acceptors (Lipinski definition) is 5. The van der Waals surface area contributed by atoms with Crippen molar-refractivity contribution in [1.29, 1.82) is 0 Å². The quantitative estimate of drug-likeness (QED) is 0.463. The van der Waals surface area contributed by atoms with Crippen LogP contribution >= 0.6 is 0 Å². The largest absolute Gasteiger partial charge is 0.315 e. The third kappa shape index (κ3) is 3.17. The van der Waals surface area contributed by atoms with Gasteiger partial charge in [-0.25, -0.2) is 0 Å². The van der Waals surface area contributed by atoms with Gasteiger partial charge in [0.25, 0.3) is 11.8 Å². The molecule has 6 nitrogen and oxygen atoms in total. The number of hydrogen-bond donors (Lipinski definition) is 1. The van der Waals surface area contributed by atoms with Crippen molar-refractivity contribution >= 4 is 34.2 Å². The van der Waals surface area contributed by atoms with Gasteiger partial charge in [-0.1, -0.05) is 6.92 Å². The number of nitrogens with one attached hydrogen (secondary N) is 1. The maximum atomic E-state index is 12.9. The molecule has 1 aliphatic heterocycles. The molecule has 3 rings (SSSR count). The van der Waals surface area contributed by atoms with Crippen molar-refractivity contribution in [3.05, 3.63) is 46.5 Å². The van der Waals surface area contributed by atoms with Crippen LogP contribution in [-0.2, 0) is 0 Å². The Morgan fingerprint density at radius 3 is 1.81 bits per heavy atom. The summed E-state index contributed by atoms with van der Waals surface area (Å²) in [5, 5.41) is 3.99. The van der Waals surface area contributed by atoms with E-state index in [1.165, 1.54) is 18.7 Å². The average Bonchev–Trinajstić information content (AvgIpc) is 2.64. The van der Waals surface area contributed by atoms with Crippen molar-refractivity contribution < 1.29 is 19.2 Å². The second-order valence-corrected chi connectivity index (χ2v) is 6.70. The molecule has 1 N–H and O–H groups in total. The number of carbonyl (C=O) groups excluding carboxylic acids is 4. The van der Waals surface area contributed by atoms with Crippen molar-refractivity contribution in [2.75, 3.05) is 19.6 Å². The highest BCUT2D eigenvalue weighted by molar-refractivity contribution is 6.30. The number of benzene rings is 2. The lowest BCUT2D eigenvalue weighted by molar-refractivity contribution is 0.0611. The fraction of sp³-hybridized carbons (Fsp3) is 0.333. The van der Waals surface area contributed by atoms with Gasteiger partial charge in [0.05, 0.1) is 0 Å². The number of carbonyl (C=O) groups is 4. The Morgan fingerprint density at radius 1 is 0.852 bits per heavy atom. The molecule has 0 bridgehead atoms. The number of rotatable bonds is 7. The van der Waals surface area contributed by atoms with Gasteiger partial charge in [0.15, 0.2) is 11.6 Å². The number of Topliss-reactive ketones (excluding diaryl/α,β-unsaturated/α-hetero) is 2. The Kier molecular flexibility index (Phi) is 5.19. The molecular weight excluding hydrogens is 344 g/mol. The lowest BCUT2D eigenvalue weighted by Crippen LogP contribution is -2.44. The smallest absolute Gasteiger partial charge is 0.261 e. The topological polar surface area (TPSA) is 83.6 Å². The summed E-state index contributed by atoms with van der Waals surface area (Å²) in [4.78, 5) is 51.3. The fourth-order valence-corrected chi connectivity index (χ4v) is 3.52. The predicted octanol–water partition coefficient (Wildman–Crippen LogP) is 2.84. The maximum absolute atomic E-state index is 12.9. The Balaban J connectivity index is 2.18. The van der Waals surface area contributed by atoms with E-state index in [0.29, 0.717) is 39.6 Å². The highest BCUT2D eigenvalue weighted by atomic mass is 16.2. The zero-order valence-electron chi connectivity index (χ0n) is 15.7. The van der Waals surface area contributed by atoms with Crippen LogP contribution in [0.3, 0.4) is 0 Å². The molecule has 0 aromatic heterocycles. The molecule has 2 amide bonds.